The van der Waals surface area contributed by atoms with Crippen LogP contribution in [0, 0.1) is 0 Å². The van der Waals surface area contributed by atoms with Gasteiger partial charge < -0.3 is 125 Å². The third kappa shape index (κ3) is 43.2. The Labute approximate surface area is 708 Å². The first-order valence-corrected chi connectivity index (χ1v) is 39.3. The number of rotatable bonds is 68. The highest BCUT2D eigenvalue weighted by Crippen LogP contribution is 2.30. The van der Waals surface area contributed by atoms with Crippen molar-refractivity contribution in [2.45, 2.75) is 119 Å². The molecule has 0 aliphatic rings. The van der Waals surface area contributed by atoms with Gasteiger partial charge in [-0.25, -0.2) is 14.5 Å². The third-order valence-electron chi connectivity index (χ3n) is 17.8. The van der Waals surface area contributed by atoms with E-state index in [9.17, 15) is 62.3 Å². The summed E-state index contributed by atoms with van der Waals surface area (Å²) in [4.78, 5) is 184. The van der Waals surface area contributed by atoms with E-state index in [1.807, 2.05) is 54.6 Å². The number of ether oxygens (including phenoxy) is 22. The largest absolute Gasteiger partial charge is 0.469 e. The minimum Gasteiger partial charge on any atom is -0.469 e. The molecule has 0 aliphatic carbocycles. The molecule has 0 aliphatic heterocycles. The van der Waals surface area contributed by atoms with Gasteiger partial charge in [0.25, 0.3) is 0 Å². The van der Waals surface area contributed by atoms with Crippen LogP contribution < -0.4 is 21.3 Å². The molecule has 3 rings (SSSR count). The molecule has 3 aromatic rings. The molecule has 0 atom stereocenters. The van der Waals surface area contributed by atoms with Gasteiger partial charge in [0.2, 0.25) is 17.7 Å². The van der Waals surface area contributed by atoms with Gasteiger partial charge in [0.15, 0.2) is 0 Å². The normalized spacial score (nSPS) is 11.5. The van der Waals surface area contributed by atoms with Crippen LogP contribution in [-0.4, -0.2) is 340 Å². The van der Waals surface area contributed by atoms with Crippen molar-refractivity contribution in [1.82, 2.24) is 26.2 Å². The zero-order valence-electron chi connectivity index (χ0n) is 71.4. The third-order valence-corrected chi connectivity index (χ3v) is 17.8. The van der Waals surface area contributed by atoms with Crippen molar-refractivity contribution in [2.75, 3.05) is 229 Å². The molecule has 41 heteroatoms. The lowest BCUT2D eigenvalue weighted by atomic mass is 9.97. The summed E-state index contributed by atoms with van der Waals surface area (Å²) in [5.74, 6) is -7.78. The lowest BCUT2D eigenvalue weighted by molar-refractivity contribution is -0.145. The molecule has 6 amide bonds. The summed E-state index contributed by atoms with van der Waals surface area (Å²) in [5, 5.41) is 14.7. The van der Waals surface area contributed by atoms with Crippen molar-refractivity contribution >= 4 is 105 Å². The van der Waals surface area contributed by atoms with Gasteiger partial charge in [-0.1, -0.05) is 55.5 Å². The maximum atomic E-state index is 15.4. The fourth-order valence-corrected chi connectivity index (χ4v) is 11.3. The monoisotopic (exact) mass is 1740 g/mol. The maximum Gasteiger partial charge on any atom is 0.418 e. The van der Waals surface area contributed by atoms with Gasteiger partial charge in [0.1, 0.15) is 28.8 Å². The second-order valence-corrected chi connectivity index (χ2v) is 27.5. The molecule has 0 heterocycles. The highest BCUT2D eigenvalue weighted by Gasteiger charge is 2.41. The number of hydrogen-bond acceptors (Lipinski definition) is 36. The van der Waals surface area contributed by atoms with Gasteiger partial charge in [0, 0.05) is 31.4 Å². The molecule has 0 saturated carbocycles. The van der Waals surface area contributed by atoms with E-state index in [1.54, 1.807) is 6.92 Å². The van der Waals surface area contributed by atoms with E-state index in [0.29, 0.717) is 5.56 Å². The Morgan fingerprint density at radius 1 is 0.287 bits per heavy atom. The summed E-state index contributed by atoms with van der Waals surface area (Å²) in [5.41, 5.74) is -6.25. The second-order valence-electron chi connectivity index (χ2n) is 27.5. The summed E-state index contributed by atoms with van der Waals surface area (Å²) in [6, 6.07) is 15.8. The Morgan fingerprint density at radius 3 is 0.705 bits per heavy atom. The topological polar surface area (TPSA) is 493 Å². The average Bonchev–Trinajstić information content (AvgIpc) is 0.774. The van der Waals surface area contributed by atoms with Crippen molar-refractivity contribution in [3.8, 4) is 0 Å². The molecule has 4 N–H and O–H groups in total. The van der Waals surface area contributed by atoms with Gasteiger partial charge >= 0.3 is 65.8 Å². The van der Waals surface area contributed by atoms with E-state index in [0.717, 1.165) is 26.4 Å². The molecule has 0 spiro atoms. The number of carbonyl (C=O) groups excluding carboxylic acids is 14. The lowest BCUT2D eigenvalue weighted by Gasteiger charge is -2.36. The van der Waals surface area contributed by atoms with Crippen LogP contribution in [0.1, 0.15) is 96.0 Å². The SMILES string of the molecule is CCCN(C(=O)NC(COCCC(=O)NC(COCCC(=O)OC)(COCCC(=O)OC)COCCC(=O)OC)(COCCC(=O)NC(COCCC(=O)OC)(COCCC(=O)OC)COCCC(=O)OC)COCCC(=O)NC(COCCC(=O)OC)(COCCC(=O)OC)COCCC(=O)OC)C(=O)OCc1c2ccccc2cc2ccccc12. The van der Waals surface area contributed by atoms with Crippen molar-refractivity contribution in [2.24, 2.45) is 0 Å². The molecular formula is C81H121N5O36. The zero-order valence-corrected chi connectivity index (χ0v) is 71.4. The van der Waals surface area contributed by atoms with Crippen LogP contribution >= 0.6 is 0 Å². The minimum absolute atomic E-state index is 0.175. The molecular weight excluding hydrogens is 1620 g/mol. The average molecular weight is 1740 g/mol. The summed E-state index contributed by atoms with van der Waals surface area (Å²) in [6.45, 7) is -7.76. The van der Waals surface area contributed by atoms with Gasteiger partial charge in [-0.3, -0.25) is 57.5 Å². The van der Waals surface area contributed by atoms with E-state index in [2.05, 4.69) is 21.3 Å². The van der Waals surface area contributed by atoms with Gasteiger partial charge in [-0.15, -0.1) is 0 Å². The van der Waals surface area contributed by atoms with Gasteiger partial charge in [-0.05, 0) is 34.0 Å². The smallest absolute Gasteiger partial charge is 0.418 e. The summed E-state index contributed by atoms with van der Waals surface area (Å²) >= 11 is 0. The molecule has 0 radical (unpaired) electrons. The Balaban J connectivity index is 2.30. The Hall–Kier alpha value is -9.92. The van der Waals surface area contributed by atoms with E-state index in [-0.39, 0.29) is 196 Å². The van der Waals surface area contributed by atoms with Gasteiger partial charge in [-0.2, -0.15) is 0 Å². The first kappa shape index (κ1) is 106. The number of fused-ring (bicyclic) bond motifs is 2. The standard InChI is InChI=1S/C81H121N5O36/c1-11-32-86(77(100)122-46-63-61-18-14-12-16-59(61)45-60-17-13-15-19-62(60)63)76(99)85-81(56-110-33-20-64(87)82-78(47-113-36-23-67(90)101-2,48-114-37-24-68(91)102-3)49-115-38-25-69(92)103-4,57-111-34-21-65(88)83-79(50-116-39-26-70(93)104-5,51-117-40-27-71(94)105-6)52-118-41-28-72(95)106-7)58-112-35-22-66(89)84-80(53-119-42-29-73(96)107-8,54-120-43-30-74(97)108-9)55-121-44-31-75(98)109-10/h12-19,45H,11,20-44,46-58H2,1-10H3,(H,82,87)(H,83,88)(H,84,89)(H,85,99). The number of nitrogens with zero attached hydrogens (tertiary/aromatic N) is 1. The number of nitrogens with one attached hydrogen (secondary N) is 4. The van der Waals surface area contributed by atoms with Crippen molar-refractivity contribution in [3.05, 3.63) is 60.2 Å². The number of benzene rings is 3. The first-order chi connectivity index (χ1) is 58.7. The fraction of sp³-hybridized carbons (Fsp3) is 0.654. The van der Waals surface area contributed by atoms with Gasteiger partial charge in [0.05, 0.1) is 280 Å². The fourth-order valence-electron chi connectivity index (χ4n) is 11.3. The molecule has 0 bridgehead atoms. The van der Waals surface area contributed by atoms with Crippen molar-refractivity contribution < 1.29 is 171 Å². The van der Waals surface area contributed by atoms with E-state index in [1.165, 1.54) is 64.0 Å². The van der Waals surface area contributed by atoms with E-state index < -0.39 is 165 Å². The molecule has 0 aromatic heterocycles. The molecule has 3 aromatic carbocycles. The number of urea groups is 1. The predicted octanol–water partition coefficient (Wildman–Crippen LogP) is 2.79. The van der Waals surface area contributed by atoms with E-state index in [4.69, 9.17) is 104 Å². The van der Waals surface area contributed by atoms with Crippen LogP contribution in [0.3, 0.4) is 0 Å². The van der Waals surface area contributed by atoms with Crippen LogP contribution in [0.5, 0.6) is 0 Å². The van der Waals surface area contributed by atoms with E-state index >= 15 is 4.79 Å². The van der Waals surface area contributed by atoms with Crippen LogP contribution in [-0.2, 0) is 168 Å². The summed E-state index contributed by atoms with van der Waals surface area (Å²) in [6.07, 6.45) is -4.31. The van der Waals surface area contributed by atoms with Crippen molar-refractivity contribution in [1.29, 1.82) is 0 Å². The van der Waals surface area contributed by atoms with Crippen LogP contribution in [0.15, 0.2) is 54.6 Å². The molecule has 122 heavy (non-hydrogen) atoms. The molecule has 0 fully saturated rings. The van der Waals surface area contributed by atoms with Crippen molar-refractivity contribution in [3.63, 3.8) is 0 Å². The number of hydrogen-bond donors (Lipinski definition) is 4. The highest BCUT2D eigenvalue weighted by molar-refractivity contribution is 6.02. The number of methoxy groups -OCH3 is 9. The molecule has 0 saturated heterocycles. The maximum absolute atomic E-state index is 15.4. The van der Waals surface area contributed by atoms with Crippen LogP contribution in [0.2, 0.25) is 0 Å². The second kappa shape index (κ2) is 61.4. The first-order valence-electron chi connectivity index (χ1n) is 39.3. The Bertz CT molecular complexity index is 3230. The summed E-state index contributed by atoms with van der Waals surface area (Å²) in [7, 11) is 10.7. The minimum atomic E-state index is -2.03. The highest BCUT2D eigenvalue weighted by atomic mass is 16.6. The summed E-state index contributed by atoms with van der Waals surface area (Å²) < 4.78 is 121. The number of esters is 9. The predicted molar refractivity (Wildman–Crippen MR) is 426 cm³/mol. The molecule has 0 unspecified atom stereocenters. The Kier molecular flexibility index (Phi) is 53.5. The quantitative estimate of drug-likeness (QED) is 0.0273. The number of carbonyl (C=O) groups is 14. The zero-order chi connectivity index (χ0) is 89.9. The molecule has 686 valence electrons. The number of imide groups is 1. The number of amides is 6. The van der Waals surface area contributed by atoms with Crippen LogP contribution in [0.4, 0.5) is 9.59 Å². The Morgan fingerprint density at radius 2 is 0.492 bits per heavy atom. The van der Waals surface area contributed by atoms with Crippen LogP contribution in [0.25, 0.3) is 21.5 Å². The lowest BCUT2D eigenvalue weighted by Crippen LogP contribution is -2.62. The molecule has 41 nitrogen and oxygen atoms in total.